The van der Waals surface area contributed by atoms with Gasteiger partial charge in [-0.05, 0) is 30.9 Å². The highest BCUT2D eigenvalue weighted by atomic mass is 16.5. The Morgan fingerprint density at radius 1 is 1.12 bits per heavy atom. The molecule has 1 fully saturated rings. The lowest BCUT2D eigenvalue weighted by Gasteiger charge is -2.22. The summed E-state index contributed by atoms with van der Waals surface area (Å²) in [6, 6.07) is 5.40. The van der Waals surface area contributed by atoms with Crippen LogP contribution in [0.15, 0.2) is 18.2 Å². The molecule has 0 atom stereocenters. The number of hydrogen-bond acceptors (Lipinski definition) is 3. The summed E-state index contributed by atoms with van der Waals surface area (Å²) in [7, 11) is 0. The number of rotatable bonds is 3. The van der Waals surface area contributed by atoms with Gasteiger partial charge in [0.1, 0.15) is 5.75 Å². The molecule has 3 heteroatoms. The van der Waals surface area contributed by atoms with E-state index >= 15 is 0 Å². The zero-order valence-corrected chi connectivity index (χ0v) is 9.61. The summed E-state index contributed by atoms with van der Waals surface area (Å²) in [5.41, 5.74) is 12.9. The molecule has 1 aliphatic carbocycles. The maximum absolute atomic E-state index is 5.82. The van der Waals surface area contributed by atoms with Crippen LogP contribution in [0, 0.1) is 5.92 Å². The smallest absolute Gasteiger partial charge is 0.144 e. The molecule has 1 aliphatic rings. The van der Waals surface area contributed by atoms with Crippen LogP contribution in [-0.2, 0) is 0 Å². The Balaban J connectivity index is 1.90. The minimum absolute atomic E-state index is 0.671. The minimum Gasteiger partial charge on any atom is -0.491 e. The fraction of sp³-hybridized carbons (Fsp3) is 0.538. The zero-order valence-electron chi connectivity index (χ0n) is 9.61. The first kappa shape index (κ1) is 11.1. The van der Waals surface area contributed by atoms with Crippen molar-refractivity contribution in [2.45, 2.75) is 32.1 Å². The third kappa shape index (κ3) is 2.81. The molecule has 16 heavy (non-hydrogen) atoms. The molecule has 3 nitrogen and oxygen atoms in total. The molecule has 2 rings (SSSR count). The van der Waals surface area contributed by atoms with Crippen LogP contribution in [0.2, 0.25) is 0 Å². The number of nitrogen functional groups attached to an aromatic ring is 2. The van der Waals surface area contributed by atoms with E-state index in [2.05, 4.69) is 0 Å². The maximum Gasteiger partial charge on any atom is 0.144 e. The van der Waals surface area contributed by atoms with Crippen LogP contribution in [0.5, 0.6) is 5.75 Å². The van der Waals surface area contributed by atoms with Crippen LogP contribution in [0.1, 0.15) is 32.1 Å². The first-order valence-electron chi connectivity index (χ1n) is 6.03. The van der Waals surface area contributed by atoms with Crippen molar-refractivity contribution in [3.63, 3.8) is 0 Å². The Kier molecular flexibility index (Phi) is 3.54. The summed E-state index contributed by atoms with van der Waals surface area (Å²) in [5, 5.41) is 0. The number of anilines is 2. The lowest BCUT2D eigenvalue weighted by molar-refractivity contribution is 0.210. The van der Waals surface area contributed by atoms with Crippen molar-refractivity contribution < 1.29 is 4.74 Å². The molecule has 0 heterocycles. The van der Waals surface area contributed by atoms with Crippen LogP contribution >= 0.6 is 0 Å². The van der Waals surface area contributed by atoms with Crippen LogP contribution in [0.4, 0.5) is 11.4 Å². The van der Waals surface area contributed by atoms with Crippen molar-refractivity contribution in [1.29, 1.82) is 0 Å². The van der Waals surface area contributed by atoms with Gasteiger partial charge in [-0.25, -0.2) is 0 Å². The summed E-state index contributed by atoms with van der Waals surface area (Å²) in [4.78, 5) is 0. The highest BCUT2D eigenvalue weighted by Gasteiger charge is 2.14. The highest BCUT2D eigenvalue weighted by Crippen LogP contribution is 2.28. The Labute approximate surface area is 96.8 Å². The van der Waals surface area contributed by atoms with Gasteiger partial charge in [-0.15, -0.1) is 0 Å². The Morgan fingerprint density at radius 2 is 1.88 bits per heavy atom. The van der Waals surface area contributed by atoms with E-state index in [1.165, 1.54) is 32.1 Å². The topological polar surface area (TPSA) is 61.3 Å². The molecule has 0 aromatic heterocycles. The van der Waals surface area contributed by atoms with Crippen LogP contribution in [-0.4, -0.2) is 6.61 Å². The number of benzene rings is 1. The Bertz CT molecular complexity index is 346. The number of hydrogen-bond donors (Lipinski definition) is 2. The van der Waals surface area contributed by atoms with Crippen LogP contribution < -0.4 is 16.2 Å². The standard InChI is InChI=1S/C13H20N2O/c14-11-6-7-12(15)13(8-11)16-9-10-4-2-1-3-5-10/h6-8,10H,1-5,9,14-15H2. The average Bonchev–Trinajstić information content (AvgIpc) is 2.32. The van der Waals surface area contributed by atoms with Gasteiger partial charge < -0.3 is 16.2 Å². The summed E-state index contributed by atoms with van der Waals surface area (Å²) >= 11 is 0. The Hall–Kier alpha value is -1.38. The van der Waals surface area contributed by atoms with E-state index in [1.54, 1.807) is 18.2 Å². The summed E-state index contributed by atoms with van der Waals surface area (Å²) in [6.07, 6.45) is 6.60. The van der Waals surface area contributed by atoms with E-state index in [1.807, 2.05) is 0 Å². The maximum atomic E-state index is 5.82. The normalized spacial score (nSPS) is 17.2. The van der Waals surface area contributed by atoms with Crippen molar-refractivity contribution in [3.05, 3.63) is 18.2 Å². The zero-order chi connectivity index (χ0) is 11.4. The lowest BCUT2D eigenvalue weighted by atomic mass is 9.90. The lowest BCUT2D eigenvalue weighted by Crippen LogP contribution is -2.15. The van der Waals surface area contributed by atoms with E-state index < -0.39 is 0 Å². The van der Waals surface area contributed by atoms with Gasteiger partial charge in [0.25, 0.3) is 0 Å². The molecule has 0 saturated heterocycles. The average molecular weight is 220 g/mol. The predicted octanol–water partition coefficient (Wildman–Crippen LogP) is 2.81. The van der Waals surface area contributed by atoms with E-state index in [9.17, 15) is 0 Å². The monoisotopic (exact) mass is 220 g/mol. The molecular weight excluding hydrogens is 200 g/mol. The number of ether oxygens (including phenoxy) is 1. The molecular formula is C13H20N2O. The predicted molar refractivity (Wildman–Crippen MR) is 67.3 cm³/mol. The van der Waals surface area contributed by atoms with Gasteiger partial charge in [0.15, 0.2) is 0 Å². The van der Waals surface area contributed by atoms with Gasteiger partial charge in [-0.1, -0.05) is 19.3 Å². The third-order valence-electron chi connectivity index (χ3n) is 3.24. The van der Waals surface area contributed by atoms with Crippen molar-refractivity contribution in [2.75, 3.05) is 18.1 Å². The second kappa shape index (κ2) is 5.10. The van der Waals surface area contributed by atoms with Crippen LogP contribution in [0.3, 0.4) is 0 Å². The molecule has 0 spiro atoms. The summed E-state index contributed by atoms with van der Waals surface area (Å²) in [6.45, 7) is 0.771. The molecule has 88 valence electrons. The fourth-order valence-electron chi connectivity index (χ4n) is 2.24. The molecule has 4 N–H and O–H groups in total. The van der Waals surface area contributed by atoms with Gasteiger partial charge in [0, 0.05) is 11.8 Å². The molecule has 1 saturated carbocycles. The van der Waals surface area contributed by atoms with Gasteiger partial charge in [0.2, 0.25) is 0 Å². The largest absolute Gasteiger partial charge is 0.491 e. The van der Waals surface area contributed by atoms with Crippen LogP contribution in [0.25, 0.3) is 0 Å². The van der Waals surface area contributed by atoms with E-state index in [0.29, 0.717) is 17.3 Å². The number of nitrogens with two attached hydrogens (primary N) is 2. The molecule has 0 aliphatic heterocycles. The first-order valence-corrected chi connectivity index (χ1v) is 6.03. The van der Waals surface area contributed by atoms with Gasteiger partial charge >= 0.3 is 0 Å². The van der Waals surface area contributed by atoms with Crippen molar-refractivity contribution in [1.82, 2.24) is 0 Å². The Morgan fingerprint density at radius 3 is 2.62 bits per heavy atom. The van der Waals surface area contributed by atoms with Gasteiger partial charge in [0.05, 0.1) is 12.3 Å². The van der Waals surface area contributed by atoms with Crippen molar-refractivity contribution in [2.24, 2.45) is 5.92 Å². The van der Waals surface area contributed by atoms with E-state index in [-0.39, 0.29) is 0 Å². The molecule has 0 unspecified atom stereocenters. The molecule has 1 aromatic carbocycles. The SMILES string of the molecule is Nc1ccc(N)c(OCC2CCCCC2)c1. The third-order valence-corrected chi connectivity index (χ3v) is 3.24. The van der Waals surface area contributed by atoms with E-state index in [0.717, 1.165) is 12.4 Å². The van der Waals surface area contributed by atoms with Gasteiger partial charge in [-0.2, -0.15) is 0 Å². The first-order chi connectivity index (χ1) is 7.75. The second-order valence-electron chi connectivity index (χ2n) is 4.61. The second-order valence-corrected chi connectivity index (χ2v) is 4.61. The molecule has 0 radical (unpaired) electrons. The highest BCUT2D eigenvalue weighted by molar-refractivity contribution is 5.59. The quantitative estimate of drug-likeness (QED) is 0.770. The summed E-state index contributed by atoms with van der Waals surface area (Å²) < 4.78 is 5.75. The molecule has 0 amide bonds. The molecule has 0 bridgehead atoms. The minimum atomic E-state index is 0.671. The van der Waals surface area contributed by atoms with E-state index in [4.69, 9.17) is 16.2 Å². The van der Waals surface area contributed by atoms with Gasteiger partial charge in [-0.3, -0.25) is 0 Å². The molecule has 1 aromatic rings. The van der Waals surface area contributed by atoms with Crippen molar-refractivity contribution >= 4 is 11.4 Å². The fourth-order valence-corrected chi connectivity index (χ4v) is 2.24. The van der Waals surface area contributed by atoms with Crippen molar-refractivity contribution in [3.8, 4) is 5.75 Å². The summed E-state index contributed by atoms with van der Waals surface area (Å²) in [5.74, 6) is 1.42.